The Bertz CT molecular complexity index is 1750. The molecule has 2 aromatic carbocycles. The van der Waals surface area contributed by atoms with Crippen molar-refractivity contribution in [3.05, 3.63) is 84.2 Å². The number of nitrogens with one attached hydrogen (secondary N) is 1. The summed E-state index contributed by atoms with van der Waals surface area (Å²) in [6, 6.07) is 23.7. The van der Waals surface area contributed by atoms with E-state index in [0.717, 1.165) is 77.2 Å². The summed E-state index contributed by atoms with van der Waals surface area (Å²) in [4.78, 5) is 25.3. The zero-order valence-corrected chi connectivity index (χ0v) is 25.9. The van der Waals surface area contributed by atoms with Crippen molar-refractivity contribution < 1.29 is 4.79 Å². The van der Waals surface area contributed by atoms with Crippen LogP contribution in [0.4, 0.5) is 0 Å². The van der Waals surface area contributed by atoms with Crippen LogP contribution in [0.5, 0.6) is 0 Å². The number of amides is 1. The Morgan fingerprint density at radius 1 is 0.932 bits per heavy atom. The third kappa shape index (κ3) is 5.98. The first-order valence-corrected chi connectivity index (χ1v) is 16.4. The molecule has 1 N–H and O–H groups in total. The van der Waals surface area contributed by atoms with E-state index in [9.17, 15) is 4.79 Å². The quantitative estimate of drug-likeness (QED) is 0.218. The smallest absolute Gasteiger partial charge is 0.223 e. The summed E-state index contributed by atoms with van der Waals surface area (Å²) in [6.07, 6.45) is 10.2. The molecule has 5 aromatic rings. The fraction of sp³-hybridized carbons (Fsp3) is 0.405. The molecule has 1 atom stereocenters. The Kier molecular flexibility index (Phi) is 8.13. The van der Waals surface area contributed by atoms with Crippen molar-refractivity contribution in [1.29, 1.82) is 0 Å². The number of aryl methyl sites for hydroxylation is 1. The minimum atomic E-state index is 0.135. The minimum absolute atomic E-state index is 0.135. The molecule has 2 fully saturated rings. The molecule has 1 saturated heterocycles. The van der Waals surface area contributed by atoms with Gasteiger partial charge in [0.05, 0.1) is 11.4 Å². The highest BCUT2D eigenvalue weighted by Crippen LogP contribution is 2.34. The van der Waals surface area contributed by atoms with Gasteiger partial charge in [-0.1, -0.05) is 73.9 Å². The monoisotopic (exact) mass is 586 g/mol. The van der Waals surface area contributed by atoms with Crippen LogP contribution in [-0.2, 0) is 11.3 Å². The lowest BCUT2D eigenvalue weighted by molar-refractivity contribution is -0.127. The summed E-state index contributed by atoms with van der Waals surface area (Å²) in [5, 5.41) is 9.00. The Morgan fingerprint density at radius 3 is 2.43 bits per heavy atom. The number of fused-ring (bicyclic) bond motifs is 3. The van der Waals surface area contributed by atoms with Gasteiger partial charge in [0.2, 0.25) is 5.91 Å². The molecule has 7 rings (SSSR count). The van der Waals surface area contributed by atoms with Crippen LogP contribution in [0.25, 0.3) is 39.1 Å². The Labute approximate surface area is 259 Å². The highest BCUT2D eigenvalue weighted by Gasteiger charge is 2.28. The molecule has 226 valence electrons. The number of piperidine rings is 1. The Morgan fingerprint density at radius 2 is 1.68 bits per heavy atom. The molecule has 1 saturated carbocycles. The van der Waals surface area contributed by atoms with Crippen molar-refractivity contribution in [1.82, 2.24) is 29.8 Å². The van der Waals surface area contributed by atoms with Gasteiger partial charge >= 0.3 is 0 Å². The lowest BCUT2D eigenvalue weighted by atomic mass is 9.84. The van der Waals surface area contributed by atoms with E-state index in [-0.39, 0.29) is 11.8 Å². The second kappa shape index (κ2) is 12.5. The third-order valence-electron chi connectivity index (χ3n) is 9.78. The maximum absolute atomic E-state index is 13.0. The highest BCUT2D eigenvalue weighted by atomic mass is 16.1. The van der Waals surface area contributed by atoms with E-state index < -0.39 is 0 Å². The molecule has 4 heterocycles. The Balaban J connectivity index is 1.06. The van der Waals surface area contributed by atoms with Crippen LogP contribution in [0.2, 0.25) is 0 Å². The van der Waals surface area contributed by atoms with Crippen molar-refractivity contribution >= 4 is 22.6 Å². The van der Waals surface area contributed by atoms with Crippen molar-refractivity contribution in [2.24, 2.45) is 11.8 Å². The first-order valence-electron chi connectivity index (χ1n) is 16.4. The summed E-state index contributed by atoms with van der Waals surface area (Å²) in [7, 11) is 0. The van der Waals surface area contributed by atoms with Gasteiger partial charge in [-0.3, -0.25) is 9.69 Å². The second-order valence-electron chi connectivity index (χ2n) is 12.9. The molecular weight excluding hydrogens is 544 g/mol. The van der Waals surface area contributed by atoms with E-state index in [2.05, 4.69) is 81.8 Å². The zero-order valence-electron chi connectivity index (χ0n) is 25.9. The SMILES string of the molecule is Cc1cc2ncc3cc(-c4ccccc4)c(-c4ccc(CN5CCC(C(=O)N[C@@H](C)C6CCCCC6)CC5)cc4)nc3n2n1. The number of aromatic nitrogens is 4. The topological polar surface area (TPSA) is 75.4 Å². The molecule has 0 bridgehead atoms. The molecule has 1 aliphatic carbocycles. The molecule has 7 nitrogen and oxygen atoms in total. The fourth-order valence-corrected chi connectivity index (χ4v) is 7.18. The molecule has 0 radical (unpaired) electrons. The van der Waals surface area contributed by atoms with Crippen LogP contribution in [0.3, 0.4) is 0 Å². The molecule has 7 heteroatoms. The first kappa shape index (κ1) is 28.7. The van der Waals surface area contributed by atoms with Gasteiger partial charge in [-0.05, 0) is 75.7 Å². The molecule has 44 heavy (non-hydrogen) atoms. The van der Waals surface area contributed by atoms with Crippen molar-refractivity contribution in [2.45, 2.75) is 71.4 Å². The average Bonchev–Trinajstić information content (AvgIpc) is 3.46. The van der Waals surface area contributed by atoms with Crippen LogP contribution in [-0.4, -0.2) is 49.5 Å². The average molecular weight is 587 g/mol. The number of benzene rings is 2. The zero-order chi connectivity index (χ0) is 30.0. The first-order chi connectivity index (χ1) is 21.5. The number of rotatable bonds is 7. The molecular formula is C37H42N6O. The normalized spacial score (nSPS) is 17.7. The number of carbonyl (C=O) groups is 1. The maximum atomic E-state index is 13.0. The predicted octanol–water partition coefficient (Wildman–Crippen LogP) is 7.22. The van der Waals surface area contributed by atoms with Crippen LogP contribution < -0.4 is 5.32 Å². The molecule has 0 spiro atoms. The van der Waals surface area contributed by atoms with E-state index >= 15 is 0 Å². The van der Waals surface area contributed by atoms with Gasteiger partial charge < -0.3 is 5.32 Å². The Hall–Kier alpha value is -4.10. The second-order valence-corrected chi connectivity index (χ2v) is 12.9. The van der Waals surface area contributed by atoms with E-state index in [0.29, 0.717) is 12.0 Å². The van der Waals surface area contributed by atoms with E-state index in [1.165, 1.54) is 37.7 Å². The van der Waals surface area contributed by atoms with Gasteiger partial charge in [-0.15, -0.1) is 0 Å². The number of pyridine rings is 1. The summed E-state index contributed by atoms with van der Waals surface area (Å²) < 4.78 is 1.85. The molecule has 2 aliphatic rings. The van der Waals surface area contributed by atoms with Gasteiger partial charge in [-0.25, -0.2) is 9.97 Å². The molecule has 1 amide bonds. The minimum Gasteiger partial charge on any atom is -0.353 e. The number of carbonyl (C=O) groups excluding carboxylic acids is 1. The third-order valence-corrected chi connectivity index (χ3v) is 9.78. The molecule has 3 aromatic heterocycles. The van der Waals surface area contributed by atoms with Gasteiger partial charge in [0.1, 0.15) is 0 Å². The lowest BCUT2D eigenvalue weighted by Crippen LogP contribution is -2.45. The van der Waals surface area contributed by atoms with Crippen molar-refractivity contribution in [2.75, 3.05) is 13.1 Å². The predicted molar refractivity (Wildman–Crippen MR) is 176 cm³/mol. The summed E-state index contributed by atoms with van der Waals surface area (Å²) >= 11 is 0. The number of likely N-dealkylation sites (tertiary alicyclic amines) is 1. The number of hydrogen-bond acceptors (Lipinski definition) is 5. The van der Waals surface area contributed by atoms with E-state index in [1.54, 1.807) is 0 Å². The number of nitrogens with zero attached hydrogens (tertiary/aromatic N) is 5. The summed E-state index contributed by atoms with van der Waals surface area (Å²) in [5.74, 6) is 1.05. The van der Waals surface area contributed by atoms with Crippen LogP contribution in [0.15, 0.2) is 72.9 Å². The van der Waals surface area contributed by atoms with Gasteiger partial charge in [0, 0.05) is 47.3 Å². The fourth-order valence-electron chi connectivity index (χ4n) is 7.18. The van der Waals surface area contributed by atoms with Crippen LogP contribution >= 0.6 is 0 Å². The van der Waals surface area contributed by atoms with Crippen LogP contribution in [0, 0.1) is 18.8 Å². The summed E-state index contributed by atoms with van der Waals surface area (Å²) in [5.41, 5.74) is 8.02. The van der Waals surface area contributed by atoms with Crippen LogP contribution in [0.1, 0.15) is 63.1 Å². The standard InChI is InChI=1S/C37H42N6O/c1-25-21-34-38-23-32-22-33(29-11-7-4-8-12-29)35(40-36(32)43(34)41-25)30-15-13-27(14-16-30)24-42-19-17-31(18-20-42)37(44)39-26(2)28-9-5-3-6-10-28/h4,7-8,11-16,21-23,26,28,31H,3,5-6,9-10,17-20,24H2,1-2H3,(H,39,44)/t26-/m0/s1. The molecule has 1 aliphatic heterocycles. The van der Waals surface area contributed by atoms with Crippen molar-refractivity contribution in [3.8, 4) is 22.4 Å². The highest BCUT2D eigenvalue weighted by molar-refractivity contribution is 5.90. The van der Waals surface area contributed by atoms with E-state index in [1.807, 2.05) is 29.8 Å². The van der Waals surface area contributed by atoms with Crippen molar-refractivity contribution in [3.63, 3.8) is 0 Å². The molecule has 0 unspecified atom stereocenters. The van der Waals surface area contributed by atoms with Gasteiger partial charge in [0.25, 0.3) is 0 Å². The van der Waals surface area contributed by atoms with Gasteiger partial charge in [0.15, 0.2) is 11.3 Å². The largest absolute Gasteiger partial charge is 0.353 e. The van der Waals surface area contributed by atoms with E-state index in [4.69, 9.17) is 4.98 Å². The van der Waals surface area contributed by atoms with Gasteiger partial charge in [-0.2, -0.15) is 9.61 Å². The maximum Gasteiger partial charge on any atom is 0.223 e. The summed E-state index contributed by atoms with van der Waals surface area (Å²) in [6.45, 7) is 6.99. The lowest BCUT2D eigenvalue weighted by Gasteiger charge is -2.33. The number of hydrogen-bond donors (Lipinski definition) is 1.